The summed E-state index contributed by atoms with van der Waals surface area (Å²) >= 11 is 0. The third kappa shape index (κ3) is 2.83. The van der Waals surface area contributed by atoms with E-state index in [1.165, 1.54) is 16.9 Å². The molecule has 0 aliphatic rings. The third-order valence-electron chi connectivity index (χ3n) is 3.59. The topological polar surface area (TPSA) is 42.2 Å². The molecule has 0 amide bonds. The maximum absolute atomic E-state index is 5.93. The van der Waals surface area contributed by atoms with Crippen molar-refractivity contribution in [2.45, 2.75) is 34.2 Å². The molecule has 0 fully saturated rings. The van der Waals surface area contributed by atoms with Crippen LogP contribution in [0, 0.1) is 20.8 Å². The molecule has 0 saturated carbocycles. The summed E-state index contributed by atoms with van der Waals surface area (Å²) < 4.78 is 0. The van der Waals surface area contributed by atoms with Crippen molar-refractivity contribution in [3.05, 3.63) is 52.8 Å². The maximum Gasteiger partial charge on any atom is 0.0492 e. The second-order valence-corrected chi connectivity index (χ2v) is 5.13. The average Bonchev–Trinajstić information content (AvgIpc) is 2.41. The minimum atomic E-state index is 0.511. The molecule has 0 saturated heterocycles. The van der Waals surface area contributed by atoms with Crippen LogP contribution in [0.15, 0.2) is 30.3 Å². The van der Waals surface area contributed by atoms with Gasteiger partial charge in [-0.1, -0.05) is 17.7 Å². The van der Waals surface area contributed by atoms with Crippen LogP contribution in [0.2, 0.25) is 0 Å². The van der Waals surface area contributed by atoms with Gasteiger partial charge in [0.2, 0.25) is 0 Å². The van der Waals surface area contributed by atoms with E-state index in [-0.39, 0.29) is 0 Å². The van der Waals surface area contributed by atoms with Crippen LogP contribution in [-0.4, -0.2) is 11.5 Å². The van der Waals surface area contributed by atoms with Crippen LogP contribution in [-0.2, 0) is 6.54 Å². The summed E-state index contributed by atoms with van der Waals surface area (Å²) in [5, 5.41) is 0. The Bertz CT molecular complexity index is 588. The van der Waals surface area contributed by atoms with Crippen LogP contribution in [0.3, 0.4) is 0 Å². The van der Waals surface area contributed by atoms with E-state index in [1.807, 2.05) is 13.8 Å². The SMILES string of the molecule is CCN(c1ccc(C)cc1)c1cc(C)nc(C)c1CN. The first-order valence-electron chi connectivity index (χ1n) is 7.08. The van der Waals surface area contributed by atoms with Crippen LogP contribution in [0.25, 0.3) is 0 Å². The van der Waals surface area contributed by atoms with Gasteiger partial charge in [-0.15, -0.1) is 0 Å². The van der Waals surface area contributed by atoms with Gasteiger partial charge in [0, 0.05) is 41.4 Å². The molecule has 2 aromatic rings. The average molecular weight is 269 g/mol. The highest BCUT2D eigenvalue weighted by molar-refractivity contribution is 5.67. The quantitative estimate of drug-likeness (QED) is 0.921. The molecule has 2 rings (SSSR count). The summed E-state index contributed by atoms with van der Waals surface area (Å²) in [5.74, 6) is 0. The van der Waals surface area contributed by atoms with E-state index in [4.69, 9.17) is 5.73 Å². The maximum atomic E-state index is 5.93. The van der Waals surface area contributed by atoms with E-state index < -0.39 is 0 Å². The number of hydrogen-bond donors (Lipinski definition) is 1. The van der Waals surface area contributed by atoms with Crippen molar-refractivity contribution in [3.8, 4) is 0 Å². The lowest BCUT2D eigenvalue weighted by Gasteiger charge is -2.27. The zero-order valence-electron chi connectivity index (χ0n) is 12.8. The van der Waals surface area contributed by atoms with E-state index in [2.05, 4.69) is 54.1 Å². The van der Waals surface area contributed by atoms with Crippen molar-refractivity contribution in [2.75, 3.05) is 11.4 Å². The summed E-state index contributed by atoms with van der Waals surface area (Å²) in [6, 6.07) is 10.7. The molecule has 1 heterocycles. The molecule has 0 radical (unpaired) electrons. The second-order valence-electron chi connectivity index (χ2n) is 5.13. The number of rotatable bonds is 4. The highest BCUT2D eigenvalue weighted by Crippen LogP contribution is 2.30. The smallest absolute Gasteiger partial charge is 0.0492 e. The molecule has 2 N–H and O–H groups in total. The van der Waals surface area contributed by atoms with Gasteiger partial charge in [-0.2, -0.15) is 0 Å². The first-order valence-corrected chi connectivity index (χ1v) is 7.08. The molecule has 106 valence electrons. The monoisotopic (exact) mass is 269 g/mol. The second kappa shape index (κ2) is 6.06. The third-order valence-corrected chi connectivity index (χ3v) is 3.59. The molecule has 0 aliphatic heterocycles. The Hall–Kier alpha value is -1.87. The van der Waals surface area contributed by atoms with Crippen LogP contribution < -0.4 is 10.6 Å². The number of hydrogen-bond acceptors (Lipinski definition) is 3. The zero-order valence-corrected chi connectivity index (χ0v) is 12.8. The van der Waals surface area contributed by atoms with Gasteiger partial charge in [-0.05, 0) is 45.9 Å². The first-order chi connectivity index (χ1) is 9.56. The molecular formula is C17H23N3. The van der Waals surface area contributed by atoms with Crippen molar-refractivity contribution in [1.82, 2.24) is 4.98 Å². The lowest BCUT2D eigenvalue weighted by molar-refractivity contribution is 0.941. The summed E-state index contributed by atoms with van der Waals surface area (Å²) in [5.41, 5.74) is 12.7. The molecule has 1 aromatic heterocycles. The molecule has 0 spiro atoms. The minimum Gasteiger partial charge on any atom is -0.341 e. The van der Waals surface area contributed by atoms with Gasteiger partial charge in [0.1, 0.15) is 0 Å². The van der Waals surface area contributed by atoms with Crippen LogP contribution in [0.5, 0.6) is 0 Å². The molecule has 3 nitrogen and oxygen atoms in total. The van der Waals surface area contributed by atoms with E-state index in [0.29, 0.717) is 6.54 Å². The Kier molecular flexibility index (Phi) is 4.40. The number of nitrogens with zero attached hydrogens (tertiary/aromatic N) is 2. The fraction of sp³-hybridized carbons (Fsp3) is 0.353. The summed E-state index contributed by atoms with van der Waals surface area (Å²) in [6.07, 6.45) is 0. The predicted octanol–water partition coefficient (Wildman–Crippen LogP) is 3.62. The number of pyridine rings is 1. The zero-order chi connectivity index (χ0) is 14.7. The van der Waals surface area contributed by atoms with Gasteiger partial charge >= 0.3 is 0 Å². The Morgan fingerprint density at radius 2 is 1.75 bits per heavy atom. The highest BCUT2D eigenvalue weighted by atomic mass is 15.1. The van der Waals surface area contributed by atoms with Crippen LogP contribution >= 0.6 is 0 Å². The first kappa shape index (κ1) is 14.5. The summed E-state index contributed by atoms with van der Waals surface area (Å²) in [6.45, 7) is 9.73. The van der Waals surface area contributed by atoms with Gasteiger partial charge in [-0.25, -0.2) is 0 Å². The molecule has 20 heavy (non-hydrogen) atoms. The molecule has 0 aliphatic carbocycles. The molecule has 3 heteroatoms. The van der Waals surface area contributed by atoms with Gasteiger partial charge in [0.05, 0.1) is 0 Å². The van der Waals surface area contributed by atoms with E-state index >= 15 is 0 Å². The standard InChI is InChI=1S/C17H23N3/c1-5-20(15-8-6-12(2)7-9-15)17-10-13(3)19-14(4)16(17)11-18/h6-10H,5,11,18H2,1-4H3. The number of aromatic nitrogens is 1. The lowest BCUT2D eigenvalue weighted by Crippen LogP contribution is -2.20. The highest BCUT2D eigenvalue weighted by Gasteiger charge is 2.14. The van der Waals surface area contributed by atoms with Crippen molar-refractivity contribution in [3.63, 3.8) is 0 Å². The number of benzene rings is 1. The summed E-state index contributed by atoms with van der Waals surface area (Å²) in [4.78, 5) is 6.82. The minimum absolute atomic E-state index is 0.511. The number of nitrogens with two attached hydrogens (primary N) is 1. The lowest BCUT2D eigenvalue weighted by atomic mass is 10.1. The van der Waals surface area contributed by atoms with Crippen molar-refractivity contribution in [2.24, 2.45) is 5.73 Å². The number of aryl methyl sites for hydroxylation is 3. The Labute approximate surface area is 121 Å². The Balaban J connectivity index is 2.54. The fourth-order valence-electron chi connectivity index (χ4n) is 2.54. The van der Waals surface area contributed by atoms with Crippen LogP contribution in [0.4, 0.5) is 11.4 Å². The Morgan fingerprint density at radius 1 is 1.10 bits per heavy atom. The van der Waals surface area contributed by atoms with Gasteiger partial charge < -0.3 is 10.6 Å². The van der Waals surface area contributed by atoms with Crippen LogP contribution in [0.1, 0.15) is 29.4 Å². The van der Waals surface area contributed by atoms with Crippen molar-refractivity contribution >= 4 is 11.4 Å². The number of anilines is 2. The van der Waals surface area contributed by atoms with E-state index in [0.717, 1.165) is 23.5 Å². The largest absolute Gasteiger partial charge is 0.341 e. The van der Waals surface area contributed by atoms with E-state index in [1.54, 1.807) is 0 Å². The van der Waals surface area contributed by atoms with Gasteiger partial charge in [0.15, 0.2) is 0 Å². The molecule has 0 bridgehead atoms. The van der Waals surface area contributed by atoms with Crippen molar-refractivity contribution in [1.29, 1.82) is 0 Å². The Morgan fingerprint density at radius 3 is 2.30 bits per heavy atom. The van der Waals surface area contributed by atoms with Crippen molar-refractivity contribution < 1.29 is 0 Å². The molecule has 1 aromatic carbocycles. The normalized spacial score (nSPS) is 10.7. The molecular weight excluding hydrogens is 246 g/mol. The van der Waals surface area contributed by atoms with Gasteiger partial charge in [-0.3, -0.25) is 4.98 Å². The fourth-order valence-corrected chi connectivity index (χ4v) is 2.54. The van der Waals surface area contributed by atoms with E-state index in [9.17, 15) is 0 Å². The predicted molar refractivity (Wildman–Crippen MR) is 85.5 cm³/mol. The summed E-state index contributed by atoms with van der Waals surface area (Å²) in [7, 11) is 0. The molecule has 0 atom stereocenters. The molecule has 0 unspecified atom stereocenters. The van der Waals surface area contributed by atoms with Gasteiger partial charge in [0.25, 0.3) is 0 Å².